The molecule has 2 heterocycles. The summed E-state index contributed by atoms with van der Waals surface area (Å²) in [5.74, 6) is 0. The first-order valence-corrected chi connectivity index (χ1v) is 5.63. The van der Waals surface area contributed by atoms with E-state index in [1.165, 1.54) is 11.6 Å². The molecule has 1 N–H and O–H groups in total. The summed E-state index contributed by atoms with van der Waals surface area (Å²) in [5.41, 5.74) is 2.62. The van der Waals surface area contributed by atoms with Crippen LogP contribution in [0.25, 0.3) is 0 Å². The van der Waals surface area contributed by atoms with Crippen molar-refractivity contribution >= 4 is 0 Å². The Labute approximate surface area is 101 Å². The summed E-state index contributed by atoms with van der Waals surface area (Å²) in [6, 6.07) is 9.22. The van der Waals surface area contributed by atoms with E-state index in [4.69, 9.17) is 0 Å². The van der Waals surface area contributed by atoms with Crippen LogP contribution in [-0.2, 0) is 5.41 Å². The van der Waals surface area contributed by atoms with Crippen molar-refractivity contribution in [1.29, 1.82) is 0 Å². The van der Waals surface area contributed by atoms with Crippen LogP contribution < -0.4 is 5.56 Å². The van der Waals surface area contributed by atoms with E-state index in [-0.39, 0.29) is 11.0 Å². The van der Waals surface area contributed by atoms with Gasteiger partial charge in [0.1, 0.15) is 0 Å². The van der Waals surface area contributed by atoms with Gasteiger partial charge in [-0.2, -0.15) is 0 Å². The number of hydrogen-bond donors (Lipinski definition) is 1. The van der Waals surface area contributed by atoms with Gasteiger partial charge in [0.05, 0.1) is 5.69 Å². The predicted molar refractivity (Wildman–Crippen MR) is 68.2 cm³/mol. The average molecular weight is 228 g/mol. The summed E-state index contributed by atoms with van der Waals surface area (Å²) in [7, 11) is 0. The lowest BCUT2D eigenvalue weighted by atomic mass is 9.84. The molecule has 0 aromatic carbocycles. The van der Waals surface area contributed by atoms with Gasteiger partial charge < -0.3 is 4.98 Å². The summed E-state index contributed by atoms with van der Waals surface area (Å²) in [6.07, 6.45) is 1.80. The molecule has 0 atom stereocenters. The number of aromatic amines is 1. The Hall–Kier alpha value is -1.90. The number of aromatic nitrogens is 2. The Kier molecular flexibility index (Phi) is 2.84. The lowest BCUT2D eigenvalue weighted by Gasteiger charge is -2.24. The first-order valence-electron chi connectivity index (χ1n) is 5.63. The lowest BCUT2D eigenvalue weighted by Crippen LogP contribution is -2.24. The Morgan fingerprint density at radius 2 is 2.00 bits per heavy atom. The minimum Gasteiger partial charge on any atom is -0.325 e. The molecule has 0 amide bonds. The van der Waals surface area contributed by atoms with Crippen LogP contribution in [0.2, 0.25) is 0 Å². The highest BCUT2D eigenvalue weighted by Crippen LogP contribution is 2.27. The van der Waals surface area contributed by atoms with E-state index in [2.05, 4.69) is 23.8 Å². The second kappa shape index (κ2) is 4.17. The maximum atomic E-state index is 11.4. The van der Waals surface area contributed by atoms with E-state index in [0.717, 1.165) is 11.4 Å². The number of aryl methyl sites for hydroxylation is 1. The largest absolute Gasteiger partial charge is 0.325 e. The van der Waals surface area contributed by atoms with Crippen molar-refractivity contribution in [2.75, 3.05) is 0 Å². The van der Waals surface area contributed by atoms with E-state index in [1.807, 2.05) is 25.1 Å². The smallest absolute Gasteiger partial charge is 0.248 e. The first-order chi connectivity index (χ1) is 8.00. The molecule has 88 valence electrons. The summed E-state index contributed by atoms with van der Waals surface area (Å²) >= 11 is 0. The molecular formula is C14H16N2O. The van der Waals surface area contributed by atoms with Gasteiger partial charge in [0, 0.05) is 23.4 Å². The quantitative estimate of drug-likeness (QED) is 0.858. The SMILES string of the molecule is Cc1ccnc(C(C)(C)c2cccc(=O)[nH]2)c1. The van der Waals surface area contributed by atoms with Crippen molar-refractivity contribution in [2.45, 2.75) is 26.2 Å². The van der Waals surface area contributed by atoms with Crippen LogP contribution in [-0.4, -0.2) is 9.97 Å². The maximum Gasteiger partial charge on any atom is 0.248 e. The second-order valence-electron chi connectivity index (χ2n) is 4.77. The zero-order valence-electron chi connectivity index (χ0n) is 10.3. The Morgan fingerprint density at radius 1 is 1.24 bits per heavy atom. The third-order valence-electron chi connectivity index (χ3n) is 3.00. The maximum absolute atomic E-state index is 11.4. The molecule has 0 bridgehead atoms. The van der Waals surface area contributed by atoms with E-state index in [0.29, 0.717) is 0 Å². The number of rotatable bonds is 2. The molecule has 2 aromatic heterocycles. The second-order valence-corrected chi connectivity index (χ2v) is 4.77. The molecule has 2 rings (SSSR count). The zero-order valence-corrected chi connectivity index (χ0v) is 10.3. The normalized spacial score (nSPS) is 11.5. The highest BCUT2D eigenvalue weighted by Gasteiger charge is 2.25. The third kappa shape index (κ3) is 2.28. The molecule has 2 aromatic rings. The van der Waals surface area contributed by atoms with Gasteiger partial charge in [-0.1, -0.05) is 6.07 Å². The van der Waals surface area contributed by atoms with Gasteiger partial charge in [0.2, 0.25) is 5.56 Å². The lowest BCUT2D eigenvalue weighted by molar-refractivity contribution is 0.592. The van der Waals surface area contributed by atoms with Crippen molar-refractivity contribution in [2.24, 2.45) is 0 Å². The third-order valence-corrected chi connectivity index (χ3v) is 3.00. The Bertz CT molecular complexity index is 585. The molecule has 3 nitrogen and oxygen atoms in total. The van der Waals surface area contributed by atoms with Gasteiger partial charge in [0.25, 0.3) is 0 Å². The molecule has 0 fully saturated rings. The molecule has 0 aliphatic carbocycles. The molecule has 0 aliphatic heterocycles. The number of H-pyrrole nitrogens is 1. The Balaban J connectivity index is 2.53. The highest BCUT2D eigenvalue weighted by atomic mass is 16.1. The van der Waals surface area contributed by atoms with Crippen LogP contribution in [0.4, 0.5) is 0 Å². The Morgan fingerprint density at radius 3 is 2.65 bits per heavy atom. The molecule has 17 heavy (non-hydrogen) atoms. The predicted octanol–water partition coefficient (Wildman–Crippen LogP) is 2.40. The molecule has 3 heteroatoms. The fourth-order valence-electron chi connectivity index (χ4n) is 1.83. The van der Waals surface area contributed by atoms with Crippen molar-refractivity contribution in [1.82, 2.24) is 9.97 Å². The standard InChI is InChI=1S/C14H16N2O/c1-10-7-8-15-12(9-10)14(2,3)11-5-4-6-13(17)16-11/h4-9H,1-3H3,(H,16,17). The van der Waals surface area contributed by atoms with E-state index >= 15 is 0 Å². The van der Waals surface area contributed by atoms with Crippen LogP contribution in [0, 0.1) is 6.92 Å². The molecule has 0 unspecified atom stereocenters. The summed E-state index contributed by atoms with van der Waals surface area (Å²) in [6.45, 7) is 6.15. The number of pyridine rings is 2. The number of hydrogen-bond acceptors (Lipinski definition) is 2. The first kappa shape index (κ1) is 11.6. The van der Waals surface area contributed by atoms with Gasteiger partial charge in [-0.15, -0.1) is 0 Å². The molecule has 0 saturated heterocycles. The van der Waals surface area contributed by atoms with Crippen LogP contribution >= 0.6 is 0 Å². The molecule has 0 spiro atoms. The molecule has 0 radical (unpaired) electrons. The number of nitrogens with zero attached hydrogens (tertiary/aromatic N) is 1. The minimum atomic E-state index is -0.299. The van der Waals surface area contributed by atoms with Crippen LogP contribution in [0.5, 0.6) is 0 Å². The fraction of sp³-hybridized carbons (Fsp3) is 0.286. The van der Waals surface area contributed by atoms with E-state index < -0.39 is 0 Å². The fourth-order valence-corrected chi connectivity index (χ4v) is 1.83. The topological polar surface area (TPSA) is 45.8 Å². The van der Waals surface area contributed by atoms with Crippen molar-refractivity contribution < 1.29 is 0 Å². The molecule has 0 saturated carbocycles. The van der Waals surface area contributed by atoms with Gasteiger partial charge in [0.15, 0.2) is 0 Å². The minimum absolute atomic E-state index is 0.0803. The van der Waals surface area contributed by atoms with Crippen molar-refractivity contribution in [3.63, 3.8) is 0 Å². The highest BCUT2D eigenvalue weighted by molar-refractivity contribution is 5.30. The molecular weight excluding hydrogens is 212 g/mol. The van der Waals surface area contributed by atoms with Crippen molar-refractivity contribution in [3.05, 3.63) is 63.8 Å². The van der Waals surface area contributed by atoms with Crippen LogP contribution in [0.1, 0.15) is 30.8 Å². The molecule has 0 aliphatic rings. The summed E-state index contributed by atoms with van der Waals surface area (Å²) in [4.78, 5) is 18.6. The van der Waals surface area contributed by atoms with E-state index in [1.54, 1.807) is 12.3 Å². The monoisotopic (exact) mass is 228 g/mol. The average Bonchev–Trinajstić information content (AvgIpc) is 2.29. The van der Waals surface area contributed by atoms with Gasteiger partial charge >= 0.3 is 0 Å². The van der Waals surface area contributed by atoms with Gasteiger partial charge in [-0.3, -0.25) is 9.78 Å². The van der Waals surface area contributed by atoms with Gasteiger partial charge in [-0.25, -0.2) is 0 Å². The summed E-state index contributed by atoms with van der Waals surface area (Å²) in [5, 5.41) is 0. The van der Waals surface area contributed by atoms with Crippen LogP contribution in [0.15, 0.2) is 41.3 Å². The van der Waals surface area contributed by atoms with Crippen molar-refractivity contribution in [3.8, 4) is 0 Å². The van der Waals surface area contributed by atoms with Crippen LogP contribution in [0.3, 0.4) is 0 Å². The zero-order chi connectivity index (χ0) is 12.5. The summed E-state index contributed by atoms with van der Waals surface area (Å²) < 4.78 is 0. The van der Waals surface area contributed by atoms with Gasteiger partial charge in [-0.05, 0) is 44.5 Å². The van der Waals surface area contributed by atoms with E-state index in [9.17, 15) is 4.79 Å². The number of nitrogens with one attached hydrogen (secondary N) is 1.